The summed E-state index contributed by atoms with van der Waals surface area (Å²) in [6.45, 7) is 8.60. The third-order valence-electron chi connectivity index (χ3n) is 4.94. The van der Waals surface area contributed by atoms with Crippen molar-refractivity contribution in [3.05, 3.63) is 30.1 Å². The van der Waals surface area contributed by atoms with E-state index >= 15 is 0 Å². The fourth-order valence-corrected chi connectivity index (χ4v) is 3.00. The number of ether oxygens (including phenoxy) is 2. The van der Waals surface area contributed by atoms with E-state index in [1.807, 2.05) is 27.7 Å². The van der Waals surface area contributed by atoms with Crippen LogP contribution >= 0.6 is 12.4 Å². The van der Waals surface area contributed by atoms with Gasteiger partial charge in [0, 0.05) is 18.4 Å². The van der Waals surface area contributed by atoms with Gasteiger partial charge in [0.25, 0.3) is 0 Å². The number of nitrogens with one attached hydrogen (secondary N) is 1. The Bertz CT molecular complexity index is 582. The van der Waals surface area contributed by atoms with Gasteiger partial charge in [0.2, 0.25) is 5.91 Å². The lowest BCUT2D eigenvalue weighted by Crippen LogP contribution is -2.76. The SMILES string of the molecule is CCOC1CC(N)(C(=O)NCC(C)Oc2ccc(F)cc2)C1(C)C.Cl. The predicted octanol–water partition coefficient (Wildman–Crippen LogP) is 2.66. The van der Waals surface area contributed by atoms with Gasteiger partial charge in [-0.25, -0.2) is 4.39 Å². The number of amides is 1. The minimum atomic E-state index is -0.942. The van der Waals surface area contributed by atoms with Crippen molar-refractivity contribution in [3.8, 4) is 5.75 Å². The highest BCUT2D eigenvalue weighted by atomic mass is 35.5. The Morgan fingerprint density at radius 2 is 2.00 bits per heavy atom. The van der Waals surface area contributed by atoms with Gasteiger partial charge in [-0.15, -0.1) is 12.4 Å². The molecule has 0 bridgehead atoms. The minimum Gasteiger partial charge on any atom is -0.489 e. The van der Waals surface area contributed by atoms with E-state index in [0.717, 1.165) is 0 Å². The molecule has 0 radical (unpaired) electrons. The summed E-state index contributed by atoms with van der Waals surface area (Å²) in [7, 11) is 0. The molecule has 3 unspecified atom stereocenters. The summed E-state index contributed by atoms with van der Waals surface area (Å²) in [4.78, 5) is 12.5. The standard InChI is InChI=1S/C18H27FN2O3.ClH/c1-5-23-15-10-18(20,17(15,3)4)16(22)21-11-12(2)24-14-8-6-13(19)7-9-14;/h6-9,12,15H,5,10-11,20H2,1-4H3,(H,21,22);1H. The molecule has 5 nitrogen and oxygen atoms in total. The van der Waals surface area contributed by atoms with Crippen molar-refractivity contribution in [2.45, 2.75) is 51.9 Å². The zero-order valence-corrected chi connectivity index (χ0v) is 16.0. The monoisotopic (exact) mass is 374 g/mol. The van der Waals surface area contributed by atoms with Crippen molar-refractivity contribution < 1.29 is 18.7 Å². The molecule has 1 aromatic rings. The summed E-state index contributed by atoms with van der Waals surface area (Å²) >= 11 is 0. The average Bonchev–Trinajstić information content (AvgIpc) is 2.54. The van der Waals surface area contributed by atoms with E-state index < -0.39 is 11.0 Å². The van der Waals surface area contributed by atoms with Crippen LogP contribution in [0.5, 0.6) is 5.75 Å². The zero-order chi connectivity index (χ0) is 18.0. The highest BCUT2D eigenvalue weighted by molar-refractivity contribution is 5.88. The fraction of sp³-hybridized carbons (Fsp3) is 0.611. The van der Waals surface area contributed by atoms with Crippen LogP contribution in [-0.2, 0) is 9.53 Å². The molecular formula is C18H28ClFN2O3. The predicted molar refractivity (Wildman–Crippen MR) is 97.5 cm³/mol. The number of hydrogen-bond donors (Lipinski definition) is 2. The van der Waals surface area contributed by atoms with Crippen LogP contribution in [0.2, 0.25) is 0 Å². The number of benzene rings is 1. The van der Waals surface area contributed by atoms with Gasteiger partial charge >= 0.3 is 0 Å². The van der Waals surface area contributed by atoms with Crippen molar-refractivity contribution in [1.82, 2.24) is 5.32 Å². The quantitative estimate of drug-likeness (QED) is 0.769. The lowest BCUT2D eigenvalue weighted by molar-refractivity contribution is -0.170. The first-order valence-electron chi connectivity index (χ1n) is 8.31. The Morgan fingerprint density at radius 3 is 2.52 bits per heavy atom. The Labute approximate surface area is 154 Å². The minimum absolute atomic E-state index is 0. The largest absolute Gasteiger partial charge is 0.489 e. The fourth-order valence-electron chi connectivity index (χ4n) is 3.00. The van der Waals surface area contributed by atoms with Gasteiger partial charge in [-0.2, -0.15) is 0 Å². The molecule has 3 N–H and O–H groups in total. The van der Waals surface area contributed by atoms with Crippen LogP contribution in [0.1, 0.15) is 34.1 Å². The lowest BCUT2D eigenvalue weighted by atomic mass is 9.54. The number of rotatable bonds is 7. The maximum atomic E-state index is 12.9. The Morgan fingerprint density at radius 1 is 1.40 bits per heavy atom. The van der Waals surface area contributed by atoms with Crippen LogP contribution in [0.25, 0.3) is 0 Å². The summed E-state index contributed by atoms with van der Waals surface area (Å²) in [5.74, 6) is 0.0449. The zero-order valence-electron chi connectivity index (χ0n) is 15.2. The number of nitrogens with two attached hydrogens (primary N) is 1. The first-order valence-corrected chi connectivity index (χ1v) is 8.31. The molecule has 1 saturated carbocycles. The molecule has 7 heteroatoms. The summed E-state index contributed by atoms with van der Waals surface area (Å²) in [5, 5.41) is 2.86. The summed E-state index contributed by atoms with van der Waals surface area (Å²) in [5.41, 5.74) is 4.96. The van der Waals surface area contributed by atoms with Crippen molar-refractivity contribution in [2.75, 3.05) is 13.2 Å². The number of carbonyl (C=O) groups excluding carboxylic acids is 1. The van der Waals surface area contributed by atoms with Crippen LogP contribution in [0.15, 0.2) is 24.3 Å². The van der Waals surface area contributed by atoms with E-state index in [-0.39, 0.29) is 36.3 Å². The highest BCUT2D eigenvalue weighted by Crippen LogP contribution is 2.49. The van der Waals surface area contributed by atoms with Crippen LogP contribution in [0, 0.1) is 11.2 Å². The molecule has 1 amide bonds. The third kappa shape index (κ3) is 4.43. The van der Waals surface area contributed by atoms with E-state index in [1.54, 1.807) is 12.1 Å². The highest BCUT2D eigenvalue weighted by Gasteiger charge is 2.62. The Hall–Kier alpha value is -1.37. The smallest absolute Gasteiger partial charge is 0.240 e. The maximum Gasteiger partial charge on any atom is 0.240 e. The van der Waals surface area contributed by atoms with Crippen molar-refractivity contribution in [3.63, 3.8) is 0 Å². The molecule has 1 aliphatic rings. The maximum absolute atomic E-state index is 12.9. The first-order chi connectivity index (χ1) is 11.2. The first kappa shape index (κ1) is 21.7. The molecule has 0 aliphatic heterocycles. The van der Waals surface area contributed by atoms with E-state index in [9.17, 15) is 9.18 Å². The molecule has 1 aromatic carbocycles. The molecule has 0 saturated heterocycles. The second kappa shape index (κ2) is 8.34. The molecule has 142 valence electrons. The van der Waals surface area contributed by atoms with Crippen LogP contribution in [0.4, 0.5) is 4.39 Å². The molecule has 3 atom stereocenters. The summed E-state index contributed by atoms with van der Waals surface area (Å²) < 4.78 is 24.2. The number of hydrogen-bond acceptors (Lipinski definition) is 4. The lowest BCUT2D eigenvalue weighted by Gasteiger charge is -2.57. The molecular weight excluding hydrogens is 347 g/mol. The average molecular weight is 375 g/mol. The van der Waals surface area contributed by atoms with Gasteiger partial charge < -0.3 is 20.5 Å². The molecule has 0 heterocycles. The molecule has 25 heavy (non-hydrogen) atoms. The van der Waals surface area contributed by atoms with Gasteiger partial charge in [0.15, 0.2) is 0 Å². The van der Waals surface area contributed by atoms with Crippen LogP contribution < -0.4 is 15.8 Å². The molecule has 0 spiro atoms. The second-order valence-corrected chi connectivity index (χ2v) is 6.93. The molecule has 2 rings (SSSR count). The van der Waals surface area contributed by atoms with Gasteiger partial charge in [-0.3, -0.25) is 4.79 Å². The van der Waals surface area contributed by atoms with E-state index in [2.05, 4.69) is 5.32 Å². The summed E-state index contributed by atoms with van der Waals surface area (Å²) in [6.07, 6.45) is 0.243. The summed E-state index contributed by atoms with van der Waals surface area (Å²) in [6, 6.07) is 5.78. The van der Waals surface area contributed by atoms with E-state index in [0.29, 0.717) is 25.3 Å². The van der Waals surface area contributed by atoms with Crippen molar-refractivity contribution >= 4 is 18.3 Å². The second-order valence-electron chi connectivity index (χ2n) is 6.93. The van der Waals surface area contributed by atoms with Gasteiger partial charge in [0.1, 0.15) is 23.2 Å². The molecule has 1 fully saturated rings. The van der Waals surface area contributed by atoms with Crippen LogP contribution in [-0.4, -0.2) is 36.8 Å². The number of halogens is 2. The number of carbonyl (C=O) groups is 1. The van der Waals surface area contributed by atoms with Gasteiger partial charge in [0.05, 0.1) is 12.6 Å². The topological polar surface area (TPSA) is 73.6 Å². The Kier molecular flexibility index (Phi) is 7.23. The normalized spacial score (nSPS) is 25.3. The van der Waals surface area contributed by atoms with Crippen LogP contribution in [0.3, 0.4) is 0 Å². The Balaban J connectivity index is 0.00000312. The van der Waals surface area contributed by atoms with Gasteiger partial charge in [-0.05, 0) is 38.1 Å². The molecule has 1 aliphatic carbocycles. The van der Waals surface area contributed by atoms with Gasteiger partial charge in [-0.1, -0.05) is 13.8 Å². The van der Waals surface area contributed by atoms with E-state index in [4.69, 9.17) is 15.2 Å². The third-order valence-corrected chi connectivity index (χ3v) is 4.94. The van der Waals surface area contributed by atoms with Crippen molar-refractivity contribution in [2.24, 2.45) is 11.1 Å². The van der Waals surface area contributed by atoms with E-state index in [1.165, 1.54) is 12.1 Å². The molecule has 0 aromatic heterocycles. The van der Waals surface area contributed by atoms with Crippen molar-refractivity contribution in [1.29, 1.82) is 0 Å².